The molecular weight excluding hydrogens is 318 g/mol. The first-order chi connectivity index (χ1) is 11.8. The van der Waals surface area contributed by atoms with Crippen molar-refractivity contribution in [3.8, 4) is 0 Å². The molecular formula is C19H25N3OS. The third kappa shape index (κ3) is 3.33. The first kappa shape index (κ1) is 16.0. The Morgan fingerprint density at radius 1 is 1.08 bits per heavy atom. The van der Waals surface area contributed by atoms with E-state index < -0.39 is 0 Å². The van der Waals surface area contributed by atoms with Crippen LogP contribution in [-0.2, 0) is 4.79 Å². The van der Waals surface area contributed by atoms with Crippen LogP contribution in [0.2, 0.25) is 0 Å². The highest BCUT2D eigenvalue weighted by molar-refractivity contribution is 7.18. The van der Waals surface area contributed by atoms with Crippen LogP contribution >= 0.6 is 11.3 Å². The standard InChI is InChI=1S/C19H25N3OS/c23-18(21-11-5-1-6-12-21)14-22-13-7-4-9-16(22)19-20-15-8-2-3-10-17(15)24-19/h2-3,8,10,16H,1,4-7,9,11-14H2/t16-/m0/s1. The molecule has 0 saturated carbocycles. The molecule has 4 nitrogen and oxygen atoms in total. The van der Waals surface area contributed by atoms with Crippen LogP contribution in [-0.4, -0.2) is 46.9 Å². The molecule has 1 aromatic heterocycles. The first-order valence-corrected chi connectivity index (χ1v) is 10.0. The lowest BCUT2D eigenvalue weighted by molar-refractivity contribution is -0.134. The highest BCUT2D eigenvalue weighted by Gasteiger charge is 2.29. The fourth-order valence-electron chi connectivity index (χ4n) is 3.91. The fourth-order valence-corrected chi connectivity index (χ4v) is 5.05. The fraction of sp³-hybridized carbons (Fsp3) is 0.579. The van der Waals surface area contributed by atoms with E-state index in [0.29, 0.717) is 18.5 Å². The number of hydrogen-bond acceptors (Lipinski definition) is 4. The van der Waals surface area contributed by atoms with Gasteiger partial charge in [-0.1, -0.05) is 18.6 Å². The summed E-state index contributed by atoms with van der Waals surface area (Å²) in [6.07, 6.45) is 7.12. The molecule has 0 spiro atoms. The maximum absolute atomic E-state index is 12.7. The van der Waals surface area contributed by atoms with Crippen LogP contribution in [0, 0.1) is 0 Å². The van der Waals surface area contributed by atoms with E-state index in [4.69, 9.17) is 4.98 Å². The molecule has 2 aliphatic heterocycles. The van der Waals surface area contributed by atoms with Crippen molar-refractivity contribution in [3.63, 3.8) is 0 Å². The molecule has 0 aliphatic carbocycles. The number of piperidine rings is 2. The Labute approximate surface area is 147 Å². The van der Waals surface area contributed by atoms with Gasteiger partial charge in [-0.25, -0.2) is 4.98 Å². The smallest absolute Gasteiger partial charge is 0.236 e. The third-order valence-corrected chi connectivity index (χ3v) is 6.39. The third-order valence-electron chi connectivity index (χ3n) is 5.26. The quantitative estimate of drug-likeness (QED) is 0.850. The number of hydrogen-bond donors (Lipinski definition) is 0. The molecule has 5 heteroatoms. The molecule has 0 unspecified atom stereocenters. The van der Waals surface area contributed by atoms with Crippen LogP contribution in [0.5, 0.6) is 0 Å². The van der Waals surface area contributed by atoms with Gasteiger partial charge in [-0.3, -0.25) is 9.69 Å². The number of amides is 1. The summed E-state index contributed by atoms with van der Waals surface area (Å²) in [5.74, 6) is 0.308. The van der Waals surface area contributed by atoms with Crippen molar-refractivity contribution < 1.29 is 4.79 Å². The van der Waals surface area contributed by atoms with Gasteiger partial charge in [-0.2, -0.15) is 0 Å². The van der Waals surface area contributed by atoms with Gasteiger partial charge in [0.15, 0.2) is 0 Å². The Morgan fingerprint density at radius 2 is 1.88 bits per heavy atom. The average Bonchev–Trinajstić information content (AvgIpc) is 3.07. The average molecular weight is 343 g/mol. The van der Waals surface area contributed by atoms with Crippen LogP contribution in [0.1, 0.15) is 49.6 Å². The molecule has 0 bridgehead atoms. The number of carbonyl (C=O) groups is 1. The molecule has 2 fully saturated rings. The van der Waals surface area contributed by atoms with E-state index in [1.165, 1.54) is 29.0 Å². The van der Waals surface area contributed by atoms with Gasteiger partial charge >= 0.3 is 0 Å². The number of aromatic nitrogens is 1. The van der Waals surface area contributed by atoms with Crippen LogP contribution in [0.25, 0.3) is 10.2 Å². The van der Waals surface area contributed by atoms with E-state index in [2.05, 4.69) is 28.0 Å². The lowest BCUT2D eigenvalue weighted by Gasteiger charge is -2.36. The molecule has 2 aliphatic rings. The van der Waals surface area contributed by atoms with Gasteiger partial charge in [-0.15, -0.1) is 11.3 Å². The molecule has 24 heavy (non-hydrogen) atoms. The van der Waals surface area contributed by atoms with E-state index in [0.717, 1.165) is 44.4 Å². The number of rotatable bonds is 3. The van der Waals surface area contributed by atoms with Crippen LogP contribution < -0.4 is 0 Å². The molecule has 3 heterocycles. The normalized spacial score (nSPS) is 22.8. The van der Waals surface area contributed by atoms with Gasteiger partial charge in [0.05, 0.1) is 22.8 Å². The summed E-state index contributed by atoms with van der Waals surface area (Å²) in [4.78, 5) is 22.0. The number of likely N-dealkylation sites (tertiary alicyclic amines) is 2. The van der Waals surface area contributed by atoms with Crippen molar-refractivity contribution in [2.45, 2.75) is 44.6 Å². The molecule has 2 saturated heterocycles. The van der Waals surface area contributed by atoms with Gasteiger partial charge in [0.25, 0.3) is 0 Å². The van der Waals surface area contributed by atoms with Gasteiger partial charge in [0, 0.05) is 13.1 Å². The van der Waals surface area contributed by atoms with Crippen molar-refractivity contribution >= 4 is 27.5 Å². The van der Waals surface area contributed by atoms with E-state index in [9.17, 15) is 4.79 Å². The summed E-state index contributed by atoms with van der Waals surface area (Å²) >= 11 is 1.79. The lowest BCUT2D eigenvalue weighted by Crippen LogP contribution is -2.45. The monoisotopic (exact) mass is 343 g/mol. The Kier molecular flexibility index (Phi) is 4.81. The Bertz CT molecular complexity index is 674. The highest BCUT2D eigenvalue weighted by atomic mass is 32.1. The van der Waals surface area contributed by atoms with Gasteiger partial charge in [-0.05, 0) is 50.8 Å². The molecule has 1 amide bonds. The van der Waals surface area contributed by atoms with E-state index in [1.54, 1.807) is 11.3 Å². The second-order valence-electron chi connectivity index (χ2n) is 6.94. The van der Waals surface area contributed by atoms with Gasteiger partial charge in [0.1, 0.15) is 5.01 Å². The SMILES string of the molecule is O=C(CN1CCCC[C@H]1c1nc2ccccc2s1)N1CCCCC1. The van der Waals surface area contributed by atoms with Crippen LogP contribution in [0.4, 0.5) is 0 Å². The van der Waals surface area contributed by atoms with Crippen molar-refractivity contribution in [2.75, 3.05) is 26.2 Å². The summed E-state index contributed by atoms with van der Waals surface area (Å²) in [6.45, 7) is 3.46. The maximum atomic E-state index is 12.7. The molecule has 4 rings (SSSR count). The molecule has 1 aromatic carbocycles. The molecule has 2 aromatic rings. The van der Waals surface area contributed by atoms with Crippen molar-refractivity contribution in [1.82, 2.24) is 14.8 Å². The minimum Gasteiger partial charge on any atom is -0.342 e. The Hall–Kier alpha value is -1.46. The zero-order chi connectivity index (χ0) is 16.4. The number of nitrogens with zero attached hydrogens (tertiary/aromatic N) is 3. The van der Waals surface area contributed by atoms with Crippen LogP contribution in [0.3, 0.4) is 0 Å². The van der Waals surface area contributed by atoms with Crippen LogP contribution in [0.15, 0.2) is 24.3 Å². The zero-order valence-corrected chi connectivity index (χ0v) is 14.9. The Morgan fingerprint density at radius 3 is 2.71 bits per heavy atom. The van der Waals surface area contributed by atoms with Gasteiger partial charge < -0.3 is 4.90 Å². The number of benzene rings is 1. The van der Waals surface area contributed by atoms with E-state index in [-0.39, 0.29) is 0 Å². The molecule has 1 atom stereocenters. The summed E-state index contributed by atoms with van der Waals surface area (Å²) in [5, 5.41) is 1.18. The molecule has 0 radical (unpaired) electrons. The lowest BCUT2D eigenvalue weighted by atomic mass is 10.0. The highest BCUT2D eigenvalue weighted by Crippen LogP contribution is 2.35. The minimum absolute atomic E-state index is 0.308. The topological polar surface area (TPSA) is 36.4 Å². The van der Waals surface area contributed by atoms with E-state index >= 15 is 0 Å². The molecule has 128 valence electrons. The van der Waals surface area contributed by atoms with Crippen molar-refractivity contribution in [3.05, 3.63) is 29.3 Å². The summed E-state index contributed by atoms with van der Waals surface area (Å²) < 4.78 is 1.25. The van der Waals surface area contributed by atoms with Crippen molar-refractivity contribution in [2.24, 2.45) is 0 Å². The predicted octanol–water partition coefficient (Wildman–Crippen LogP) is 3.84. The predicted molar refractivity (Wildman–Crippen MR) is 98.2 cm³/mol. The molecule has 0 N–H and O–H groups in total. The Balaban J connectivity index is 1.51. The second-order valence-corrected chi connectivity index (χ2v) is 8.01. The zero-order valence-electron chi connectivity index (χ0n) is 14.1. The minimum atomic E-state index is 0.308. The first-order valence-electron chi connectivity index (χ1n) is 9.18. The maximum Gasteiger partial charge on any atom is 0.236 e. The number of thiazole rings is 1. The summed E-state index contributed by atoms with van der Waals surface area (Å²) in [5.41, 5.74) is 1.09. The second kappa shape index (κ2) is 7.19. The number of carbonyl (C=O) groups excluding carboxylic acids is 1. The summed E-state index contributed by atoms with van der Waals surface area (Å²) in [6, 6.07) is 8.65. The van der Waals surface area contributed by atoms with Gasteiger partial charge in [0.2, 0.25) is 5.91 Å². The number of para-hydroxylation sites is 1. The number of fused-ring (bicyclic) bond motifs is 1. The van der Waals surface area contributed by atoms with E-state index in [1.807, 2.05) is 6.07 Å². The largest absolute Gasteiger partial charge is 0.342 e. The van der Waals surface area contributed by atoms with Crippen molar-refractivity contribution in [1.29, 1.82) is 0 Å². The summed E-state index contributed by atoms with van der Waals surface area (Å²) in [7, 11) is 0.